The summed E-state index contributed by atoms with van der Waals surface area (Å²) in [4.78, 5) is 13.2. The van der Waals surface area contributed by atoms with Gasteiger partial charge in [0.15, 0.2) is 0 Å². The van der Waals surface area contributed by atoms with Crippen LogP contribution in [0.3, 0.4) is 0 Å². The number of anilines is 1. The molecule has 32 heavy (non-hydrogen) atoms. The van der Waals surface area contributed by atoms with E-state index in [1.807, 2.05) is 6.07 Å². The molecule has 0 atom stereocenters. The van der Waals surface area contributed by atoms with Crippen molar-refractivity contribution in [1.82, 2.24) is 0 Å². The van der Waals surface area contributed by atoms with Gasteiger partial charge in [0, 0.05) is 31.3 Å². The van der Waals surface area contributed by atoms with Crippen LogP contribution in [-0.2, 0) is 30.7 Å². The van der Waals surface area contributed by atoms with Gasteiger partial charge in [0.2, 0.25) is 0 Å². The van der Waals surface area contributed by atoms with Gasteiger partial charge < -0.3 is 14.7 Å². The van der Waals surface area contributed by atoms with E-state index in [2.05, 4.69) is 47.4 Å². The molecule has 0 fully saturated rings. The molecule has 0 radical (unpaired) electrons. The van der Waals surface area contributed by atoms with Gasteiger partial charge in [-0.1, -0.05) is 48.5 Å². The van der Waals surface area contributed by atoms with Crippen molar-refractivity contribution in [3.05, 3.63) is 94.8 Å². The van der Waals surface area contributed by atoms with Crippen LogP contribution < -0.4 is 9.64 Å². The predicted molar refractivity (Wildman–Crippen MR) is 124 cm³/mol. The van der Waals surface area contributed by atoms with Gasteiger partial charge in [-0.25, -0.2) is 4.39 Å². The van der Waals surface area contributed by atoms with Crippen molar-refractivity contribution in [2.75, 3.05) is 18.0 Å². The minimum absolute atomic E-state index is 0.0892. The third-order valence-corrected chi connectivity index (χ3v) is 5.98. The molecular formula is C27H28FNO3. The molecule has 1 aliphatic rings. The zero-order chi connectivity index (χ0) is 22.3. The first kappa shape index (κ1) is 21.9. The van der Waals surface area contributed by atoms with E-state index in [0.717, 1.165) is 37.9 Å². The molecule has 0 aromatic heterocycles. The summed E-state index contributed by atoms with van der Waals surface area (Å²) in [5.41, 5.74) is 5.44. The molecule has 5 heteroatoms. The number of benzene rings is 3. The first-order valence-corrected chi connectivity index (χ1v) is 11.1. The van der Waals surface area contributed by atoms with Crippen molar-refractivity contribution < 1.29 is 19.0 Å². The van der Waals surface area contributed by atoms with E-state index in [0.29, 0.717) is 17.9 Å². The number of hydrogen-bond donors (Lipinski definition) is 1. The number of hydrogen-bond acceptors (Lipinski definition) is 3. The highest BCUT2D eigenvalue weighted by Gasteiger charge is 2.19. The van der Waals surface area contributed by atoms with Gasteiger partial charge in [-0.2, -0.15) is 0 Å². The quantitative estimate of drug-likeness (QED) is 0.490. The number of nitrogens with zero attached hydrogens (tertiary/aromatic N) is 1. The zero-order valence-corrected chi connectivity index (χ0v) is 18.1. The molecule has 3 aromatic carbocycles. The van der Waals surface area contributed by atoms with E-state index in [9.17, 15) is 9.18 Å². The van der Waals surface area contributed by atoms with Crippen molar-refractivity contribution in [3.63, 3.8) is 0 Å². The van der Waals surface area contributed by atoms with E-state index in [1.54, 1.807) is 12.1 Å². The number of aliphatic carboxylic acids is 1. The Hall–Kier alpha value is -3.34. The summed E-state index contributed by atoms with van der Waals surface area (Å²) in [6.45, 7) is 2.40. The molecule has 166 valence electrons. The zero-order valence-electron chi connectivity index (χ0n) is 18.1. The molecule has 1 aliphatic heterocycles. The fraction of sp³-hybridized carbons (Fsp3) is 0.296. The lowest BCUT2D eigenvalue weighted by molar-refractivity contribution is -0.136. The number of halogens is 1. The van der Waals surface area contributed by atoms with E-state index >= 15 is 0 Å². The minimum atomic E-state index is -0.934. The molecule has 0 saturated carbocycles. The highest BCUT2D eigenvalue weighted by molar-refractivity contribution is 5.67. The van der Waals surface area contributed by atoms with Crippen molar-refractivity contribution in [1.29, 1.82) is 0 Å². The molecule has 0 amide bonds. The van der Waals surface area contributed by atoms with Crippen LogP contribution in [0.25, 0.3) is 0 Å². The summed E-state index contributed by atoms with van der Waals surface area (Å²) < 4.78 is 20.2. The molecule has 3 aromatic rings. The van der Waals surface area contributed by atoms with Gasteiger partial charge in [-0.05, 0) is 60.1 Å². The summed E-state index contributed by atoms with van der Waals surface area (Å²) in [5, 5.41) is 8.79. The summed E-state index contributed by atoms with van der Waals surface area (Å²) in [7, 11) is 0. The van der Waals surface area contributed by atoms with Crippen LogP contribution in [0.2, 0.25) is 0 Å². The maximum absolute atomic E-state index is 14.3. The summed E-state index contributed by atoms with van der Waals surface area (Å²) in [6.07, 6.45) is 3.21. The second-order valence-electron chi connectivity index (χ2n) is 8.18. The van der Waals surface area contributed by atoms with Crippen LogP contribution >= 0.6 is 0 Å². The second-order valence-corrected chi connectivity index (χ2v) is 8.18. The normalized spacial score (nSPS) is 13.0. The SMILES string of the molecule is O=C(O)CCc1ccc(OCc2cccc3c2CCCN3CCc2ccccc2)cc1F. The Labute approximate surface area is 188 Å². The molecule has 4 nitrogen and oxygen atoms in total. The summed E-state index contributed by atoms with van der Waals surface area (Å²) in [5.74, 6) is -0.904. The smallest absolute Gasteiger partial charge is 0.303 e. The average molecular weight is 434 g/mol. The van der Waals surface area contributed by atoms with Crippen molar-refractivity contribution in [3.8, 4) is 5.75 Å². The number of ether oxygens (including phenoxy) is 1. The number of carboxylic acids is 1. The van der Waals surface area contributed by atoms with Gasteiger partial charge >= 0.3 is 5.97 Å². The first-order chi connectivity index (χ1) is 15.6. The molecule has 1 N–H and O–H groups in total. The highest BCUT2D eigenvalue weighted by Crippen LogP contribution is 2.31. The molecule has 0 unspecified atom stereocenters. The Morgan fingerprint density at radius 2 is 1.84 bits per heavy atom. The summed E-state index contributed by atoms with van der Waals surface area (Å²) >= 11 is 0. The van der Waals surface area contributed by atoms with Crippen LogP contribution in [0.1, 0.15) is 35.1 Å². The Bertz CT molecular complexity index is 1070. The van der Waals surface area contributed by atoms with E-state index < -0.39 is 11.8 Å². The molecule has 0 aliphatic carbocycles. The fourth-order valence-corrected chi connectivity index (χ4v) is 4.27. The maximum atomic E-state index is 14.3. The Kier molecular flexibility index (Phi) is 7.05. The van der Waals surface area contributed by atoms with Gasteiger partial charge in [0.1, 0.15) is 18.2 Å². The first-order valence-electron chi connectivity index (χ1n) is 11.1. The van der Waals surface area contributed by atoms with Crippen LogP contribution in [0.4, 0.5) is 10.1 Å². The van der Waals surface area contributed by atoms with Crippen LogP contribution in [0.5, 0.6) is 5.75 Å². The van der Waals surface area contributed by atoms with Crippen molar-refractivity contribution in [2.24, 2.45) is 0 Å². The standard InChI is InChI=1S/C27H28FNO3/c28-25-18-23(13-11-21(25)12-14-27(30)31)32-19-22-8-4-10-26-24(22)9-5-16-29(26)17-15-20-6-2-1-3-7-20/h1-4,6-8,10-11,13,18H,5,9,12,14-17,19H2,(H,30,31). The number of fused-ring (bicyclic) bond motifs is 1. The number of rotatable bonds is 9. The minimum Gasteiger partial charge on any atom is -0.489 e. The van der Waals surface area contributed by atoms with Gasteiger partial charge in [-0.15, -0.1) is 0 Å². The lowest BCUT2D eigenvalue weighted by atomic mass is 9.96. The second kappa shape index (κ2) is 10.3. The predicted octanol–water partition coefficient (Wildman–Crippen LogP) is 5.42. The lowest BCUT2D eigenvalue weighted by Crippen LogP contribution is -2.31. The Morgan fingerprint density at radius 3 is 2.62 bits per heavy atom. The topological polar surface area (TPSA) is 49.8 Å². The monoisotopic (exact) mass is 433 g/mol. The van der Waals surface area contributed by atoms with Gasteiger partial charge in [0.05, 0.1) is 0 Å². The van der Waals surface area contributed by atoms with Crippen LogP contribution in [-0.4, -0.2) is 24.2 Å². The summed E-state index contributed by atoms with van der Waals surface area (Å²) in [6, 6.07) is 21.5. The third kappa shape index (κ3) is 5.47. The average Bonchev–Trinajstić information content (AvgIpc) is 2.81. The fourth-order valence-electron chi connectivity index (χ4n) is 4.27. The Balaban J connectivity index is 1.42. The van der Waals surface area contributed by atoms with E-state index in [-0.39, 0.29) is 12.8 Å². The lowest BCUT2D eigenvalue weighted by Gasteiger charge is -2.32. The third-order valence-electron chi connectivity index (χ3n) is 5.98. The largest absolute Gasteiger partial charge is 0.489 e. The molecule has 0 bridgehead atoms. The van der Waals surface area contributed by atoms with Crippen molar-refractivity contribution in [2.45, 2.75) is 38.7 Å². The molecule has 0 saturated heterocycles. The molecule has 1 heterocycles. The van der Waals surface area contributed by atoms with Gasteiger partial charge in [0.25, 0.3) is 0 Å². The number of carbonyl (C=O) groups is 1. The van der Waals surface area contributed by atoms with E-state index in [1.165, 1.54) is 22.9 Å². The van der Waals surface area contributed by atoms with Crippen LogP contribution in [0, 0.1) is 5.82 Å². The van der Waals surface area contributed by atoms with Crippen LogP contribution in [0.15, 0.2) is 66.7 Å². The van der Waals surface area contributed by atoms with Crippen molar-refractivity contribution >= 4 is 11.7 Å². The Morgan fingerprint density at radius 1 is 1.00 bits per heavy atom. The highest BCUT2D eigenvalue weighted by atomic mass is 19.1. The molecule has 0 spiro atoms. The number of aryl methyl sites for hydroxylation is 1. The molecular weight excluding hydrogens is 405 g/mol. The number of carboxylic acid groups (broad SMARTS) is 1. The van der Waals surface area contributed by atoms with Gasteiger partial charge in [-0.3, -0.25) is 4.79 Å². The van der Waals surface area contributed by atoms with E-state index in [4.69, 9.17) is 9.84 Å². The maximum Gasteiger partial charge on any atom is 0.303 e. The molecule has 4 rings (SSSR count).